The van der Waals surface area contributed by atoms with Crippen molar-refractivity contribution in [2.45, 2.75) is 26.2 Å². The Morgan fingerprint density at radius 3 is 2.55 bits per heavy atom. The van der Waals surface area contributed by atoms with Gasteiger partial charge in [-0.2, -0.15) is 0 Å². The largest absolute Gasteiger partial charge is 0.494 e. The Labute approximate surface area is 131 Å². The molecule has 0 saturated heterocycles. The number of aliphatic carboxylic acids is 1. The number of unbranched alkanes of at least 4 members (excludes halogenated alkanes) is 1. The first kappa shape index (κ1) is 17.8. The fourth-order valence-corrected chi connectivity index (χ4v) is 1.75. The predicted octanol–water partition coefficient (Wildman–Crippen LogP) is 2.27. The minimum atomic E-state index is -0.909. The number of carbonyl (C=O) groups is 2. The number of carboxylic acids is 1. The topological polar surface area (TPSA) is 78.9 Å². The van der Waals surface area contributed by atoms with Crippen molar-refractivity contribution in [1.82, 2.24) is 10.2 Å². The molecule has 0 heterocycles. The summed E-state index contributed by atoms with van der Waals surface area (Å²) in [6.07, 6.45) is 1.60. The normalized spacial score (nSPS) is 10.1. The number of amides is 2. The summed E-state index contributed by atoms with van der Waals surface area (Å²) in [6.45, 7) is 3.39. The van der Waals surface area contributed by atoms with Gasteiger partial charge in [0.25, 0.3) is 0 Å². The summed E-state index contributed by atoms with van der Waals surface area (Å²) >= 11 is 0. The molecule has 0 aliphatic rings. The third-order valence-corrected chi connectivity index (χ3v) is 3.14. The van der Waals surface area contributed by atoms with E-state index in [1.807, 2.05) is 31.2 Å². The van der Waals surface area contributed by atoms with Crippen LogP contribution in [0.5, 0.6) is 5.75 Å². The van der Waals surface area contributed by atoms with Crippen LogP contribution in [0.4, 0.5) is 4.79 Å². The highest BCUT2D eigenvalue weighted by atomic mass is 16.5. The van der Waals surface area contributed by atoms with Crippen molar-refractivity contribution in [2.75, 3.05) is 26.7 Å². The van der Waals surface area contributed by atoms with Gasteiger partial charge in [0.1, 0.15) is 5.75 Å². The maximum atomic E-state index is 11.6. The molecule has 2 amide bonds. The molecule has 0 atom stereocenters. The quantitative estimate of drug-likeness (QED) is 0.686. The zero-order chi connectivity index (χ0) is 16.4. The van der Waals surface area contributed by atoms with Gasteiger partial charge in [0.2, 0.25) is 0 Å². The third kappa shape index (κ3) is 7.52. The second-order valence-electron chi connectivity index (χ2n) is 5.17. The Bertz CT molecular complexity index is 474. The monoisotopic (exact) mass is 308 g/mol. The van der Waals surface area contributed by atoms with Gasteiger partial charge in [0.15, 0.2) is 0 Å². The predicted molar refractivity (Wildman–Crippen MR) is 84.2 cm³/mol. The van der Waals surface area contributed by atoms with Crippen molar-refractivity contribution < 1.29 is 19.4 Å². The van der Waals surface area contributed by atoms with Crippen LogP contribution in [0.3, 0.4) is 0 Å². The van der Waals surface area contributed by atoms with Gasteiger partial charge in [-0.3, -0.25) is 4.79 Å². The SMILES string of the molecule is Cc1ccc(OCCCCNC(=O)N(C)CCC(=O)O)cc1. The molecule has 0 bridgehead atoms. The molecule has 0 saturated carbocycles. The summed E-state index contributed by atoms with van der Waals surface area (Å²) in [5.41, 5.74) is 1.20. The van der Waals surface area contributed by atoms with E-state index in [-0.39, 0.29) is 19.0 Å². The average molecular weight is 308 g/mol. The minimum Gasteiger partial charge on any atom is -0.494 e. The van der Waals surface area contributed by atoms with Gasteiger partial charge >= 0.3 is 12.0 Å². The molecule has 0 aliphatic heterocycles. The van der Waals surface area contributed by atoms with Crippen molar-refractivity contribution in [3.05, 3.63) is 29.8 Å². The average Bonchev–Trinajstić information content (AvgIpc) is 2.49. The van der Waals surface area contributed by atoms with Crippen LogP contribution < -0.4 is 10.1 Å². The summed E-state index contributed by atoms with van der Waals surface area (Å²) in [5, 5.41) is 11.3. The van der Waals surface area contributed by atoms with E-state index >= 15 is 0 Å². The first-order chi connectivity index (χ1) is 10.5. The molecule has 122 valence electrons. The fourth-order valence-electron chi connectivity index (χ4n) is 1.75. The van der Waals surface area contributed by atoms with Crippen LogP contribution in [0.2, 0.25) is 0 Å². The Morgan fingerprint density at radius 1 is 1.23 bits per heavy atom. The molecule has 0 unspecified atom stereocenters. The van der Waals surface area contributed by atoms with Gasteiger partial charge in [-0.25, -0.2) is 4.79 Å². The van der Waals surface area contributed by atoms with E-state index in [9.17, 15) is 9.59 Å². The van der Waals surface area contributed by atoms with E-state index in [0.29, 0.717) is 13.2 Å². The Hall–Kier alpha value is -2.24. The molecule has 2 N–H and O–H groups in total. The molecule has 0 fully saturated rings. The number of hydrogen-bond acceptors (Lipinski definition) is 3. The molecule has 0 aliphatic carbocycles. The van der Waals surface area contributed by atoms with Crippen LogP contribution in [0.1, 0.15) is 24.8 Å². The smallest absolute Gasteiger partial charge is 0.317 e. The molecule has 22 heavy (non-hydrogen) atoms. The van der Waals surface area contributed by atoms with Crippen molar-refractivity contribution in [3.63, 3.8) is 0 Å². The number of urea groups is 1. The molecular formula is C16H24N2O4. The van der Waals surface area contributed by atoms with Crippen LogP contribution in [-0.2, 0) is 4.79 Å². The highest BCUT2D eigenvalue weighted by Gasteiger charge is 2.08. The molecule has 6 heteroatoms. The van der Waals surface area contributed by atoms with Crippen molar-refractivity contribution >= 4 is 12.0 Å². The fraction of sp³-hybridized carbons (Fsp3) is 0.500. The van der Waals surface area contributed by atoms with Crippen LogP contribution >= 0.6 is 0 Å². The van der Waals surface area contributed by atoms with Crippen molar-refractivity contribution in [2.24, 2.45) is 0 Å². The molecule has 0 aromatic heterocycles. The number of carboxylic acid groups (broad SMARTS) is 1. The number of hydrogen-bond donors (Lipinski definition) is 2. The number of benzene rings is 1. The molecule has 1 aromatic rings. The van der Waals surface area contributed by atoms with E-state index in [2.05, 4.69) is 5.32 Å². The van der Waals surface area contributed by atoms with Crippen LogP contribution in [-0.4, -0.2) is 48.8 Å². The standard InChI is InChI=1S/C16H24N2O4/c1-13-5-7-14(8-6-13)22-12-4-3-10-17-16(21)18(2)11-9-15(19)20/h5-8H,3-4,9-12H2,1-2H3,(H,17,21)(H,19,20). The van der Waals surface area contributed by atoms with E-state index in [1.165, 1.54) is 10.5 Å². The molecular weight excluding hydrogens is 284 g/mol. The van der Waals surface area contributed by atoms with Gasteiger partial charge in [-0.05, 0) is 31.9 Å². The highest BCUT2D eigenvalue weighted by molar-refractivity contribution is 5.74. The third-order valence-electron chi connectivity index (χ3n) is 3.14. The van der Waals surface area contributed by atoms with Crippen LogP contribution in [0, 0.1) is 6.92 Å². The van der Waals surface area contributed by atoms with Gasteiger partial charge < -0.3 is 20.1 Å². The lowest BCUT2D eigenvalue weighted by molar-refractivity contribution is -0.137. The zero-order valence-corrected chi connectivity index (χ0v) is 13.2. The summed E-state index contributed by atoms with van der Waals surface area (Å²) in [4.78, 5) is 23.4. The van der Waals surface area contributed by atoms with Gasteiger partial charge in [-0.1, -0.05) is 17.7 Å². The number of rotatable bonds is 9. The van der Waals surface area contributed by atoms with E-state index in [4.69, 9.17) is 9.84 Å². The lowest BCUT2D eigenvalue weighted by Crippen LogP contribution is -2.38. The summed E-state index contributed by atoms with van der Waals surface area (Å²) < 4.78 is 5.59. The number of nitrogens with one attached hydrogen (secondary N) is 1. The molecule has 6 nitrogen and oxygen atoms in total. The van der Waals surface area contributed by atoms with Crippen LogP contribution in [0.15, 0.2) is 24.3 Å². The minimum absolute atomic E-state index is 0.0473. The first-order valence-electron chi connectivity index (χ1n) is 7.39. The van der Waals surface area contributed by atoms with Gasteiger partial charge in [0.05, 0.1) is 13.0 Å². The second-order valence-corrected chi connectivity index (χ2v) is 5.17. The summed E-state index contributed by atoms with van der Waals surface area (Å²) in [6, 6.07) is 7.63. The Balaban J connectivity index is 2.06. The van der Waals surface area contributed by atoms with E-state index in [1.54, 1.807) is 7.05 Å². The first-order valence-corrected chi connectivity index (χ1v) is 7.39. The maximum Gasteiger partial charge on any atom is 0.317 e. The molecule has 0 radical (unpaired) electrons. The molecule has 0 spiro atoms. The van der Waals surface area contributed by atoms with Gasteiger partial charge in [-0.15, -0.1) is 0 Å². The van der Waals surface area contributed by atoms with Crippen molar-refractivity contribution in [1.29, 1.82) is 0 Å². The number of carbonyl (C=O) groups excluding carboxylic acids is 1. The lowest BCUT2D eigenvalue weighted by Gasteiger charge is -2.16. The second kappa shape index (κ2) is 9.65. The molecule has 1 aromatic carbocycles. The van der Waals surface area contributed by atoms with E-state index < -0.39 is 5.97 Å². The summed E-state index contributed by atoms with van der Waals surface area (Å²) in [7, 11) is 1.58. The number of ether oxygens (including phenoxy) is 1. The van der Waals surface area contributed by atoms with E-state index in [0.717, 1.165) is 18.6 Å². The number of nitrogens with zero attached hydrogens (tertiary/aromatic N) is 1. The number of aryl methyl sites for hydroxylation is 1. The van der Waals surface area contributed by atoms with Crippen LogP contribution in [0.25, 0.3) is 0 Å². The summed E-state index contributed by atoms with van der Waals surface area (Å²) in [5.74, 6) is -0.0593. The highest BCUT2D eigenvalue weighted by Crippen LogP contribution is 2.11. The lowest BCUT2D eigenvalue weighted by atomic mass is 10.2. The Morgan fingerprint density at radius 2 is 1.91 bits per heavy atom. The Kier molecular flexibility index (Phi) is 7.81. The maximum absolute atomic E-state index is 11.6. The van der Waals surface area contributed by atoms with Crippen molar-refractivity contribution in [3.8, 4) is 5.75 Å². The zero-order valence-electron chi connectivity index (χ0n) is 13.2. The van der Waals surface area contributed by atoms with Gasteiger partial charge in [0, 0.05) is 20.1 Å². The molecule has 1 rings (SSSR count).